The Balaban J connectivity index is 1.70. The van der Waals surface area contributed by atoms with Crippen LogP contribution in [0, 0.1) is 0 Å². The number of benzene rings is 2. The molecule has 0 bridgehead atoms. The van der Waals surface area contributed by atoms with Crippen molar-refractivity contribution in [3.8, 4) is 5.75 Å². The van der Waals surface area contributed by atoms with Gasteiger partial charge in [-0.15, -0.1) is 0 Å². The summed E-state index contributed by atoms with van der Waals surface area (Å²) in [5.41, 5.74) is 1.13. The van der Waals surface area contributed by atoms with Crippen molar-refractivity contribution >= 4 is 29.1 Å². The number of hydrogen-bond acceptors (Lipinski definition) is 5. The van der Waals surface area contributed by atoms with Gasteiger partial charge in [0, 0.05) is 26.3 Å². The third-order valence-corrected chi connectivity index (χ3v) is 5.53. The number of carbonyl (C=O) groups excluding carboxylic acids is 1. The van der Waals surface area contributed by atoms with Crippen molar-refractivity contribution < 1.29 is 14.1 Å². The number of hydrogen-bond donors (Lipinski definition) is 0. The third-order valence-electron chi connectivity index (χ3n) is 4.25. The summed E-state index contributed by atoms with van der Waals surface area (Å²) in [6.45, 7) is 0. The number of carbonyl (C=O) groups is 1. The standard InChI is InChI=1S/C20H16ClNO3S/c1-24-14-3-2-4-15(10-14)26-18-9-13(21)7-8-16(18)19(23)17-11-22-25-20(17)12-5-6-12/h2-4,7-12H,5-6H2,1H3. The second-order valence-electron chi connectivity index (χ2n) is 6.13. The molecule has 1 aliphatic rings. The molecule has 0 aliphatic heterocycles. The second kappa shape index (κ2) is 7.17. The van der Waals surface area contributed by atoms with Gasteiger partial charge in [-0.3, -0.25) is 4.79 Å². The third kappa shape index (κ3) is 3.50. The lowest BCUT2D eigenvalue weighted by Crippen LogP contribution is -2.04. The van der Waals surface area contributed by atoms with E-state index in [1.807, 2.05) is 30.3 Å². The van der Waals surface area contributed by atoms with E-state index < -0.39 is 0 Å². The van der Waals surface area contributed by atoms with Gasteiger partial charge in [-0.2, -0.15) is 0 Å². The highest BCUT2D eigenvalue weighted by molar-refractivity contribution is 7.99. The van der Waals surface area contributed by atoms with E-state index in [-0.39, 0.29) is 5.78 Å². The number of nitrogens with zero attached hydrogens (tertiary/aromatic N) is 1. The molecule has 0 unspecified atom stereocenters. The Morgan fingerprint density at radius 1 is 1.23 bits per heavy atom. The van der Waals surface area contributed by atoms with Gasteiger partial charge < -0.3 is 9.26 Å². The number of methoxy groups -OCH3 is 1. The summed E-state index contributed by atoms with van der Waals surface area (Å²) >= 11 is 7.66. The molecule has 4 nitrogen and oxygen atoms in total. The SMILES string of the molecule is COc1cccc(Sc2cc(Cl)ccc2C(=O)c2cnoc2C2CC2)c1. The van der Waals surface area contributed by atoms with E-state index in [1.165, 1.54) is 18.0 Å². The molecule has 3 aromatic rings. The lowest BCUT2D eigenvalue weighted by atomic mass is 10.0. The summed E-state index contributed by atoms with van der Waals surface area (Å²) in [6, 6.07) is 13.0. The number of aromatic nitrogens is 1. The molecule has 1 fully saturated rings. The van der Waals surface area contributed by atoms with Crippen LogP contribution >= 0.6 is 23.4 Å². The lowest BCUT2D eigenvalue weighted by molar-refractivity contribution is 0.103. The first-order valence-electron chi connectivity index (χ1n) is 8.26. The molecular formula is C20H16ClNO3S. The fourth-order valence-electron chi connectivity index (χ4n) is 2.76. The van der Waals surface area contributed by atoms with E-state index in [1.54, 1.807) is 19.2 Å². The zero-order valence-corrected chi connectivity index (χ0v) is 15.6. The largest absolute Gasteiger partial charge is 0.497 e. The van der Waals surface area contributed by atoms with Gasteiger partial charge in [-0.1, -0.05) is 34.6 Å². The van der Waals surface area contributed by atoms with Crippen molar-refractivity contribution in [2.24, 2.45) is 0 Å². The van der Waals surface area contributed by atoms with Gasteiger partial charge >= 0.3 is 0 Å². The second-order valence-corrected chi connectivity index (χ2v) is 7.68. The Morgan fingerprint density at radius 3 is 2.85 bits per heavy atom. The number of halogens is 1. The lowest BCUT2D eigenvalue weighted by Gasteiger charge is -2.10. The highest BCUT2D eigenvalue weighted by Gasteiger charge is 2.33. The normalized spacial score (nSPS) is 13.6. The van der Waals surface area contributed by atoms with Crippen molar-refractivity contribution in [2.75, 3.05) is 7.11 Å². The smallest absolute Gasteiger partial charge is 0.199 e. The quantitative estimate of drug-likeness (QED) is 0.517. The van der Waals surface area contributed by atoms with E-state index >= 15 is 0 Å². The monoisotopic (exact) mass is 385 g/mol. The van der Waals surface area contributed by atoms with E-state index in [2.05, 4.69) is 5.16 Å². The molecule has 132 valence electrons. The predicted molar refractivity (Wildman–Crippen MR) is 100 cm³/mol. The van der Waals surface area contributed by atoms with E-state index in [0.29, 0.717) is 27.8 Å². The van der Waals surface area contributed by atoms with E-state index in [0.717, 1.165) is 28.4 Å². The molecule has 1 heterocycles. The minimum absolute atomic E-state index is 0.0878. The molecule has 0 N–H and O–H groups in total. The van der Waals surface area contributed by atoms with Gasteiger partial charge in [0.25, 0.3) is 0 Å². The molecule has 0 radical (unpaired) electrons. The molecule has 4 rings (SSSR count). The summed E-state index contributed by atoms with van der Waals surface area (Å²) in [6.07, 6.45) is 3.60. The van der Waals surface area contributed by atoms with Crippen LogP contribution < -0.4 is 4.74 Å². The zero-order chi connectivity index (χ0) is 18.1. The molecule has 2 aromatic carbocycles. The molecule has 26 heavy (non-hydrogen) atoms. The molecule has 0 spiro atoms. The number of rotatable bonds is 6. The van der Waals surface area contributed by atoms with Crippen LogP contribution in [0.2, 0.25) is 5.02 Å². The van der Waals surface area contributed by atoms with Crippen molar-refractivity contribution in [2.45, 2.75) is 28.6 Å². The first-order chi connectivity index (χ1) is 12.7. The maximum atomic E-state index is 13.1. The maximum Gasteiger partial charge on any atom is 0.199 e. The molecule has 1 saturated carbocycles. The topological polar surface area (TPSA) is 52.3 Å². The Morgan fingerprint density at radius 2 is 2.08 bits per heavy atom. The minimum Gasteiger partial charge on any atom is -0.497 e. The molecular weight excluding hydrogens is 370 g/mol. The van der Waals surface area contributed by atoms with Crippen LogP contribution in [0.1, 0.15) is 40.4 Å². The molecule has 1 aliphatic carbocycles. The summed E-state index contributed by atoms with van der Waals surface area (Å²) in [4.78, 5) is 14.9. The van der Waals surface area contributed by atoms with Crippen LogP contribution in [-0.2, 0) is 0 Å². The Hall–Kier alpha value is -2.24. The highest BCUT2D eigenvalue weighted by Crippen LogP contribution is 2.43. The fourth-order valence-corrected chi connectivity index (χ4v) is 4.03. The Bertz CT molecular complexity index is 965. The van der Waals surface area contributed by atoms with Gasteiger partial charge in [0.15, 0.2) is 11.5 Å². The molecule has 0 saturated heterocycles. The van der Waals surface area contributed by atoms with Gasteiger partial charge in [-0.05, 0) is 49.2 Å². The first kappa shape index (κ1) is 17.2. The maximum absolute atomic E-state index is 13.1. The van der Waals surface area contributed by atoms with Crippen LogP contribution in [0.4, 0.5) is 0 Å². The molecule has 6 heteroatoms. The fraction of sp³-hybridized carbons (Fsp3) is 0.200. The van der Waals surface area contributed by atoms with Gasteiger partial charge in [0.1, 0.15) is 5.75 Å². The van der Waals surface area contributed by atoms with Gasteiger partial charge in [0.2, 0.25) is 0 Å². The number of ketones is 1. The highest BCUT2D eigenvalue weighted by atomic mass is 35.5. The summed E-state index contributed by atoms with van der Waals surface area (Å²) in [5, 5.41) is 4.42. The van der Waals surface area contributed by atoms with Crippen molar-refractivity contribution in [1.82, 2.24) is 5.16 Å². The average molecular weight is 386 g/mol. The molecule has 0 amide bonds. The van der Waals surface area contributed by atoms with Crippen molar-refractivity contribution in [1.29, 1.82) is 0 Å². The van der Waals surface area contributed by atoms with Crippen LogP contribution in [0.3, 0.4) is 0 Å². The summed E-state index contributed by atoms with van der Waals surface area (Å²) in [5.74, 6) is 1.69. The number of ether oxygens (including phenoxy) is 1. The Kier molecular flexibility index (Phi) is 4.74. The summed E-state index contributed by atoms with van der Waals surface area (Å²) < 4.78 is 10.6. The molecule has 0 atom stereocenters. The zero-order valence-electron chi connectivity index (χ0n) is 14.1. The van der Waals surface area contributed by atoms with Crippen LogP contribution in [0.15, 0.2) is 63.0 Å². The molecule has 1 aromatic heterocycles. The predicted octanol–water partition coefficient (Wildman–Crippen LogP) is 5.60. The average Bonchev–Trinajstić information content (AvgIpc) is 3.38. The minimum atomic E-state index is -0.0878. The van der Waals surface area contributed by atoms with Crippen LogP contribution in [0.25, 0.3) is 0 Å². The first-order valence-corrected chi connectivity index (χ1v) is 9.46. The van der Waals surface area contributed by atoms with Gasteiger partial charge in [-0.25, -0.2) is 0 Å². The van der Waals surface area contributed by atoms with Crippen molar-refractivity contribution in [3.63, 3.8) is 0 Å². The summed E-state index contributed by atoms with van der Waals surface area (Å²) in [7, 11) is 1.63. The van der Waals surface area contributed by atoms with E-state index in [9.17, 15) is 4.79 Å². The van der Waals surface area contributed by atoms with Crippen LogP contribution in [-0.4, -0.2) is 18.0 Å². The van der Waals surface area contributed by atoms with E-state index in [4.69, 9.17) is 20.9 Å². The van der Waals surface area contributed by atoms with Crippen LogP contribution in [0.5, 0.6) is 5.75 Å². The van der Waals surface area contributed by atoms with Crippen molar-refractivity contribution in [3.05, 3.63) is 70.6 Å². The van der Waals surface area contributed by atoms with Gasteiger partial charge in [0.05, 0.1) is 18.9 Å². The Labute approximate surface area is 160 Å².